The Bertz CT molecular complexity index is 1220. The molecule has 10 heteroatoms. The van der Waals surface area contributed by atoms with Crippen molar-refractivity contribution in [3.8, 4) is 12.3 Å². The Hall–Kier alpha value is -4.36. The summed E-state index contributed by atoms with van der Waals surface area (Å²) >= 11 is 0. The van der Waals surface area contributed by atoms with Gasteiger partial charge in [0.2, 0.25) is 11.8 Å². The summed E-state index contributed by atoms with van der Waals surface area (Å²) < 4.78 is 5.24. The number of aryl methyl sites for hydroxylation is 2. The lowest BCUT2D eigenvalue weighted by atomic mass is 10.00. The lowest BCUT2D eigenvalue weighted by Crippen LogP contribution is -2.54. The second kappa shape index (κ2) is 13.4. The van der Waals surface area contributed by atoms with E-state index >= 15 is 0 Å². The van der Waals surface area contributed by atoms with Crippen LogP contribution in [0.4, 0.5) is 10.5 Å². The highest BCUT2D eigenvalue weighted by Gasteiger charge is 2.37. The summed E-state index contributed by atoms with van der Waals surface area (Å²) in [7, 11) is 0. The van der Waals surface area contributed by atoms with Crippen LogP contribution in [-0.2, 0) is 19.1 Å². The summed E-state index contributed by atoms with van der Waals surface area (Å²) in [6.07, 6.45) is 3.98. The maximum Gasteiger partial charge on any atom is 0.408 e. The van der Waals surface area contributed by atoms with Gasteiger partial charge >= 0.3 is 6.09 Å². The van der Waals surface area contributed by atoms with Crippen molar-refractivity contribution in [3.63, 3.8) is 0 Å². The third kappa shape index (κ3) is 8.86. The van der Waals surface area contributed by atoms with Crippen molar-refractivity contribution in [2.24, 2.45) is 5.73 Å². The number of ether oxygens (including phenoxy) is 1. The third-order valence-electron chi connectivity index (χ3n) is 5.70. The Morgan fingerprint density at radius 1 is 1.08 bits per heavy atom. The molecular formula is C29H36N4O6. The van der Waals surface area contributed by atoms with Gasteiger partial charge in [0.1, 0.15) is 17.7 Å². The van der Waals surface area contributed by atoms with Crippen molar-refractivity contribution in [2.45, 2.75) is 58.7 Å². The fourth-order valence-electron chi connectivity index (χ4n) is 3.96. The monoisotopic (exact) mass is 536 g/mol. The number of amides is 4. The van der Waals surface area contributed by atoms with Crippen LogP contribution in [0, 0.1) is 26.2 Å². The second-order valence-electron chi connectivity index (χ2n) is 10.0. The quantitative estimate of drug-likeness (QED) is 0.343. The molecule has 0 aliphatic heterocycles. The molecule has 10 nitrogen and oxygen atoms in total. The van der Waals surface area contributed by atoms with E-state index in [4.69, 9.17) is 16.9 Å². The molecule has 0 saturated carbocycles. The molecule has 39 heavy (non-hydrogen) atoms. The van der Waals surface area contributed by atoms with Crippen molar-refractivity contribution in [3.05, 3.63) is 64.7 Å². The molecule has 0 bridgehead atoms. The fraction of sp³-hybridized carbons (Fsp3) is 0.379. The van der Waals surface area contributed by atoms with Crippen LogP contribution in [0.2, 0.25) is 0 Å². The molecule has 0 saturated heterocycles. The van der Waals surface area contributed by atoms with Crippen molar-refractivity contribution >= 4 is 29.5 Å². The average molecular weight is 537 g/mol. The first-order valence-electron chi connectivity index (χ1n) is 12.4. The normalized spacial score (nSPS) is 12.4. The summed E-state index contributed by atoms with van der Waals surface area (Å²) in [5.74, 6) is 0.262. The third-order valence-corrected chi connectivity index (χ3v) is 5.70. The van der Waals surface area contributed by atoms with E-state index in [1.807, 2.05) is 32.0 Å². The number of nitrogens with one attached hydrogen (secondary N) is 2. The van der Waals surface area contributed by atoms with Crippen LogP contribution < -0.4 is 16.4 Å². The van der Waals surface area contributed by atoms with Gasteiger partial charge in [-0.15, -0.1) is 6.42 Å². The second-order valence-corrected chi connectivity index (χ2v) is 10.0. The number of hydrogen-bond donors (Lipinski definition) is 4. The van der Waals surface area contributed by atoms with Gasteiger partial charge in [-0.25, -0.2) is 4.79 Å². The van der Waals surface area contributed by atoms with E-state index in [2.05, 4.69) is 16.6 Å². The highest BCUT2D eigenvalue weighted by molar-refractivity contribution is 6.00. The summed E-state index contributed by atoms with van der Waals surface area (Å²) in [6, 6.07) is 9.27. The number of primary amides is 1. The smallest absolute Gasteiger partial charge is 0.408 e. The first-order chi connectivity index (χ1) is 18.3. The zero-order chi connectivity index (χ0) is 29.3. The molecule has 0 aliphatic carbocycles. The SMILES string of the molecule is C#Cc1ccc(C(C(=O)Nc2c(C)cccc2C)N(CCO)C(=O)C(CC(N)=O)NC(=O)OC(C)(C)C)cc1. The highest BCUT2D eigenvalue weighted by Crippen LogP contribution is 2.27. The molecule has 2 aromatic carbocycles. The number of terminal acetylenes is 1. The number of carbonyl (C=O) groups excluding carboxylic acids is 4. The van der Waals surface area contributed by atoms with E-state index in [-0.39, 0.29) is 6.54 Å². The molecule has 2 unspecified atom stereocenters. The molecule has 2 aromatic rings. The maximum absolute atomic E-state index is 13.8. The number of rotatable bonds is 10. The predicted octanol–water partition coefficient (Wildman–Crippen LogP) is 2.55. The van der Waals surface area contributed by atoms with Gasteiger partial charge in [-0.05, 0) is 63.4 Å². The molecule has 0 fully saturated rings. The molecule has 0 heterocycles. The van der Waals surface area contributed by atoms with Crippen molar-refractivity contribution < 1.29 is 29.0 Å². The number of nitrogens with two attached hydrogens (primary N) is 1. The van der Waals surface area contributed by atoms with E-state index in [9.17, 15) is 24.3 Å². The topological polar surface area (TPSA) is 151 Å². The van der Waals surface area contributed by atoms with Gasteiger partial charge in [-0.2, -0.15) is 0 Å². The van der Waals surface area contributed by atoms with Crippen LogP contribution in [0.5, 0.6) is 0 Å². The van der Waals surface area contributed by atoms with Crippen molar-refractivity contribution in [2.75, 3.05) is 18.5 Å². The molecule has 2 atom stereocenters. The molecular weight excluding hydrogens is 500 g/mol. The summed E-state index contributed by atoms with van der Waals surface area (Å²) in [4.78, 5) is 53.1. The minimum Gasteiger partial charge on any atom is -0.444 e. The van der Waals surface area contributed by atoms with E-state index in [0.29, 0.717) is 16.8 Å². The van der Waals surface area contributed by atoms with Crippen LogP contribution in [0.1, 0.15) is 55.5 Å². The zero-order valence-corrected chi connectivity index (χ0v) is 22.9. The first kappa shape index (κ1) is 30.9. The van der Waals surface area contributed by atoms with E-state index in [0.717, 1.165) is 16.0 Å². The Kier molecular flexibility index (Phi) is 10.6. The number of aliphatic hydroxyl groups is 1. The molecule has 0 spiro atoms. The number of anilines is 1. The number of nitrogens with zero attached hydrogens (tertiary/aromatic N) is 1. The molecule has 208 valence electrons. The van der Waals surface area contributed by atoms with Crippen LogP contribution in [-0.4, -0.2) is 58.6 Å². The first-order valence-corrected chi connectivity index (χ1v) is 12.4. The minimum atomic E-state index is -1.45. The van der Waals surface area contributed by atoms with Gasteiger partial charge in [0.15, 0.2) is 0 Å². The minimum absolute atomic E-state index is 0.286. The molecule has 5 N–H and O–H groups in total. The lowest BCUT2D eigenvalue weighted by Gasteiger charge is -2.34. The van der Waals surface area contributed by atoms with E-state index in [1.165, 1.54) is 0 Å². The molecule has 2 rings (SSSR count). The molecule has 0 radical (unpaired) electrons. The Balaban J connectivity index is 2.56. The van der Waals surface area contributed by atoms with E-state index < -0.39 is 54.5 Å². The zero-order valence-electron chi connectivity index (χ0n) is 22.9. The average Bonchev–Trinajstić information content (AvgIpc) is 2.84. The standard InChI is InChI=1S/C29H36N4O6/c1-7-20-11-13-21(14-12-20)25(26(36)32-24-18(2)9-8-10-19(24)3)33(15-16-34)27(37)22(17-23(30)35)31-28(38)39-29(4,5)6/h1,8-14,22,25,34H,15-17H2,2-6H3,(H2,30,35)(H,31,38)(H,32,36). The Labute approximate surface area is 228 Å². The fourth-order valence-corrected chi connectivity index (χ4v) is 3.96. The number of benzene rings is 2. The van der Waals surface area contributed by atoms with Gasteiger partial charge in [-0.3, -0.25) is 14.4 Å². The van der Waals surface area contributed by atoms with Gasteiger partial charge in [-0.1, -0.05) is 36.3 Å². The van der Waals surface area contributed by atoms with Crippen LogP contribution >= 0.6 is 0 Å². The van der Waals surface area contributed by atoms with Crippen LogP contribution in [0.3, 0.4) is 0 Å². The van der Waals surface area contributed by atoms with Gasteiger partial charge < -0.3 is 31.1 Å². The summed E-state index contributed by atoms with van der Waals surface area (Å²) in [5, 5.41) is 15.1. The van der Waals surface area contributed by atoms with Crippen molar-refractivity contribution in [1.82, 2.24) is 10.2 Å². The Morgan fingerprint density at radius 2 is 1.67 bits per heavy atom. The lowest BCUT2D eigenvalue weighted by molar-refractivity contribution is -0.142. The predicted molar refractivity (Wildman–Crippen MR) is 147 cm³/mol. The molecule has 0 aliphatic rings. The Morgan fingerprint density at radius 3 is 2.15 bits per heavy atom. The summed E-state index contributed by atoms with van der Waals surface area (Å²) in [5.41, 5.74) is 7.65. The summed E-state index contributed by atoms with van der Waals surface area (Å²) in [6.45, 7) is 7.81. The molecule has 0 aromatic heterocycles. The number of para-hydroxylation sites is 1. The highest BCUT2D eigenvalue weighted by atomic mass is 16.6. The van der Waals surface area contributed by atoms with Gasteiger partial charge in [0, 0.05) is 17.8 Å². The van der Waals surface area contributed by atoms with Gasteiger partial charge in [0.05, 0.1) is 13.0 Å². The molecule has 4 amide bonds. The maximum atomic E-state index is 13.8. The van der Waals surface area contributed by atoms with Crippen molar-refractivity contribution in [1.29, 1.82) is 0 Å². The number of alkyl carbamates (subject to hydrolysis) is 1. The number of hydrogen-bond acceptors (Lipinski definition) is 6. The van der Waals surface area contributed by atoms with Gasteiger partial charge in [0.25, 0.3) is 5.91 Å². The number of aliphatic hydroxyl groups excluding tert-OH is 1. The largest absolute Gasteiger partial charge is 0.444 e. The number of carbonyl (C=O) groups is 4. The van der Waals surface area contributed by atoms with Crippen LogP contribution in [0.15, 0.2) is 42.5 Å². The van der Waals surface area contributed by atoms with E-state index in [1.54, 1.807) is 45.0 Å². The van der Waals surface area contributed by atoms with Crippen LogP contribution in [0.25, 0.3) is 0 Å².